The lowest BCUT2D eigenvalue weighted by Gasteiger charge is -2.25. The predicted octanol–water partition coefficient (Wildman–Crippen LogP) is 2.78. The van der Waals surface area contributed by atoms with Crippen molar-refractivity contribution >= 4 is 22.9 Å². The molecule has 1 amide bonds. The van der Waals surface area contributed by atoms with Gasteiger partial charge in [0.2, 0.25) is 0 Å². The molecule has 0 saturated carbocycles. The molecule has 0 saturated heterocycles. The third-order valence-electron chi connectivity index (χ3n) is 5.50. The van der Waals surface area contributed by atoms with E-state index in [-0.39, 0.29) is 5.91 Å². The fourth-order valence-corrected chi connectivity index (χ4v) is 4.23. The minimum atomic E-state index is -0.466. The highest BCUT2D eigenvalue weighted by Gasteiger charge is 2.32. The lowest BCUT2D eigenvalue weighted by Crippen LogP contribution is -2.37. The van der Waals surface area contributed by atoms with E-state index in [1.54, 1.807) is 19.9 Å². The quantitative estimate of drug-likeness (QED) is 0.593. The molecule has 0 radical (unpaired) electrons. The first-order valence-corrected chi connectivity index (χ1v) is 10.5. The molecular formula is C24H27FN2O4. The number of ether oxygens (including phenoxy) is 1. The number of aliphatic hydroxyl groups is 2. The van der Waals surface area contributed by atoms with Gasteiger partial charge in [0.25, 0.3) is 5.91 Å². The SMILES string of the molecule is CC(O)CN(CCc1ccc2c(c1)CO/C2=C1/C(=O)Nc2ccc(F)cc21)CC(C)O. The normalized spacial score (nSPS) is 19.1. The number of carbonyl (C=O) groups excluding carboxylic acids is 1. The number of nitrogens with one attached hydrogen (secondary N) is 1. The van der Waals surface area contributed by atoms with E-state index in [1.165, 1.54) is 12.1 Å². The van der Waals surface area contributed by atoms with Crippen molar-refractivity contribution in [1.29, 1.82) is 0 Å². The fourth-order valence-electron chi connectivity index (χ4n) is 4.23. The number of benzene rings is 2. The summed E-state index contributed by atoms with van der Waals surface area (Å²) in [4.78, 5) is 14.6. The van der Waals surface area contributed by atoms with Crippen LogP contribution < -0.4 is 5.32 Å². The Morgan fingerprint density at radius 2 is 1.84 bits per heavy atom. The molecule has 6 nitrogen and oxygen atoms in total. The van der Waals surface area contributed by atoms with Crippen molar-refractivity contribution in [3.63, 3.8) is 0 Å². The van der Waals surface area contributed by atoms with Gasteiger partial charge in [0.05, 0.1) is 17.8 Å². The highest BCUT2D eigenvalue weighted by molar-refractivity contribution is 6.36. The molecule has 2 aliphatic rings. The van der Waals surface area contributed by atoms with Crippen LogP contribution in [0.3, 0.4) is 0 Å². The molecule has 2 unspecified atom stereocenters. The Hall–Kier alpha value is -2.74. The molecule has 0 bridgehead atoms. The zero-order valence-corrected chi connectivity index (χ0v) is 17.7. The summed E-state index contributed by atoms with van der Waals surface area (Å²) < 4.78 is 19.6. The Kier molecular flexibility index (Phi) is 6.09. The van der Waals surface area contributed by atoms with Crippen molar-refractivity contribution < 1.29 is 24.1 Å². The summed E-state index contributed by atoms with van der Waals surface area (Å²) in [5.41, 5.74) is 4.40. The number of nitrogens with zero attached hydrogens (tertiary/aromatic N) is 1. The molecule has 2 atom stereocenters. The lowest BCUT2D eigenvalue weighted by molar-refractivity contribution is -0.110. The largest absolute Gasteiger partial charge is 0.487 e. The Bertz CT molecular complexity index is 1020. The van der Waals surface area contributed by atoms with Gasteiger partial charge in [0, 0.05) is 42.0 Å². The summed E-state index contributed by atoms with van der Waals surface area (Å²) in [6, 6.07) is 10.2. The molecule has 164 valence electrons. The fraction of sp³-hybridized carbons (Fsp3) is 0.375. The van der Waals surface area contributed by atoms with Gasteiger partial charge in [0.1, 0.15) is 18.2 Å². The van der Waals surface area contributed by atoms with E-state index in [2.05, 4.69) is 11.4 Å². The minimum absolute atomic E-state index is 0.292. The van der Waals surface area contributed by atoms with Crippen molar-refractivity contribution in [3.05, 3.63) is 64.5 Å². The van der Waals surface area contributed by atoms with Crippen molar-refractivity contribution in [2.75, 3.05) is 25.0 Å². The van der Waals surface area contributed by atoms with Crippen molar-refractivity contribution in [2.45, 2.75) is 39.1 Å². The monoisotopic (exact) mass is 426 g/mol. The molecule has 0 spiro atoms. The summed E-state index contributed by atoms with van der Waals surface area (Å²) in [5.74, 6) is -0.214. The molecule has 2 heterocycles. The molecule has 4 rings (SSSR count). The number of halogens is 1. The first-order valence-electron chi connectivity index (χ1n) is 10.5. The third-order valence-corrected chi connectivity index (χ3v) is 5.50. The number of rotatable bonds is 7. The van der Waals surface area contributed by atoms with Gasteiger partial charge in [-0.05, 0) is 44.0 Å². The highest BCUT2D eigenvalue weighted by Crippen LogP contribution is 2.41. The Morgan fingerprint density at radius 1 is 1.10 bits per heavy atom. The van der Waals surface area contributed by atoms with E-state index in [4.69, 9.17) is 4.74 Å². The van der Waals surface area contributed by atoms with Crippen LogP contribution in [0.5, 0.6) is 0 Å². The summed E-state index contributed by atoms with van der Waals surface area (Å²) in [5, 5.41) is 22.2. The average molecular weight is 426 g/mol. The standard InChI is InChI=1S/C24H27FN2O4/c1-14(28)11-27(12-15(2)29)8-7-16-3-5-19-17(9-16)13-31-23(19)22-20-10-18(25)4-6-21(20)26-24(22)30/h3-6,9-10,14-15,28-29H,7-8,11-13H2,1-2H3,(H,26,30)/b23-22+. The first kappa shape index (κ1) is 21.5. The maximum Gasteiger partial charge on any atom is 0.260 e. The second kappa shape index (κ2) is 8.78. The number of anilines is 1. The van der Waals surface area contributed by atoms with Gasteiger partial charge in [-0.15, -0.1) is 0 Å². The Morgan fingerprint density at radius 3 is 2.55 bits per heavy atom. The average Bonchev–Trinajstić information content (AvgIpc) is 3.24. The van der Waals surface area contributed by atoms with Crippen molar-refractivity contribution in [3.8, 4) is 0 Å². The summed E-state index contributed by atoms with van der Waals surface area (Å²) in [6.07, 6.45) is -0.175. The molecule has 3 N–H and O–H groups in total. The van der Waals surface area contributed by atoms with Gasteiger partial charge in [0.15, 0.2) is 0 Å². The third kappa shape index (κ3) is 4.63. The van der Waals surface area contributed by atoms with Gasteiger partial charge in [-0.25, -0.2) is 4.39 Å². The van der Waals surface area contributed by atoms with Crippen LogP contribution in [0.2, 0.25) is 0 Å². The summed E-state index contributed by atoms with van der Waals surface area (Å²) in [6.45, 7) is 5.53. The zero-order valence-electron chi connectivity index (χ0n) is 17.7. The molecule has 2 aromatic rings. The lowest BCUT2D eigenvalue weighted by atomic mass is 9.98. The number of amides is 1. The van der Waals surface area contributed by atoms with E-state index in [9.17, 15) is 19.4 Å². The maximum atomic E-state index is 13.8. The van der Waals surface area contributed by atoms with Gasteiger partial charge in [-0.2, -0.15) is 0 Å². The molecule has 0 aliphatic carbocycles. The number of carbonyl (C=O) groups is 1. The van der Waals surface area contributed by atoms with Crippen LogP contribution in [-0.2, 0) is 22.6 Å². The second-order valence-electron chi connectivity index (χ2n) is 8.34. The molecular weight excluding hydrogens is 399 g/mol. The number of hydrogen-bond acceptors (Lipinski definition) is 5. The van der Waals surface area contributed by atoms with Crippen LogP contribution in [0.15, 0.2) is 36.4 Å². The van der Waals surface area contributed by atoms with Crippen LogP contribution in [-0.4, -0.2) is 52.9 Å². The van der Waals surface area contributed by atoms with Gasteiger partial charge < -0.3 is 20.3 Å². The van der Waals surface area contributed by atoms with E-state index in [0.717, 1.165) is 23.1 Å². The first-order chi connectivity index (χ1) is 14.8. The summed E-state index contributed by atoms with van der Waals surface area (Å²) >= 11 is 0. The molecule has 2 aliphatic heterocycles. The van der Waals surface area contributed by atoms with E-state index < -0.39 is 18.0 Å². The number of aliphatic hydroxyl groups excluding tert-OH is 2. The van der Waals surface area contributed by atoms with E-state index in [1.807, 2.05) is 17.0 Å². The minimum Gasteiger partial charge on any atom is -0.487 e. The van der Waals surface area contributed by atoms with Gasteiger partial charge in [-0.3, -0.25) is 9.69 Å². The highest BCUT2D eigenvalue weighted by atomic mass is 19.1. The van der Waals surface area contributed by atoms with E-state index in [0.29, 0.717) is 48.8 Å². The van der Waals surface area contributed by atoms with Crippen molar-refractivity contribution in [2.24, 2.45) is 0 Å². The van der Waals surface area contributed by atoms with Crippen LogP contribution in [0.25, 0.3) is 11.3 Å². The molecule has 0 fully saturated rings. The van der Waals surface area contributed by atoms with Crippen LogP contribution in [0.4, 0.5) is 10.1 Å². The van der Waals surface area contributed by atoms with Crippen LogP contribution in [0, 0.1) is 5.82 Å². The van der Waals surface area contributed by atoms with E-state index >= 15 is 0 Å². The molecule has 2 aromatic carbocycles. The smallest absolute Gasteiger partial charge is 0.260 e. The zero-order chi connectivity index (χ0) is 22.1. The van der Waals surface area contributed by atoms with Crippen LogP contribution >= 0.6 is 0 Å². The Balaban J connectivity index is 1.56. The van der Waals surface area contributed by atoms with Crippen LogP contribution in [0.1, 0.15) is 36.1 Å². The number of hydrogen-bond donors (Lipinski definition) is 3. The number of fused-ring (bicyclic) bond motifs is 2. The maximum absolute atomic E-state index is 13.8. The predicted molar refractivity (Wildman–Crippen MR) is 117 cm³/mol. The summed E-state index contributed by atoms with van der Waals surface area (Å²) in [7, 11) is 0. The van der Waals surface area contributed by atoms with Crippen molar-refractivity contribution in [1.82, 2.24) is 4.90 Å². The molecule has 0 aromatic heterocycles. The second-order valence-corrected chi connectivity index (χ2v) is 8.34. The Labute approximate surface area is 181 Å². The van der Waals surface area contributed by atoms with Gasteiger partial charge >= 0.3 is 0 Å². The topological polar surface area (TPSA) is 82.0 Å². The molecule has 7 heteroatoms. The van der Waals surface area contributed by atoms with Gasteiger partial charge in [-0.1, -0.05) is 18.2 Å². The molecule has 31 heavy (non-hydrogen) atoms.